The normalized spacial score (nSPS) is 39.1. The van der Waals surface area contributed by atoms with Crippen LogP contribution in [0.25, 0.3) is 0 Å². The van der Waals surface area contributed by atoms with Crippen molar-refractivity contribution in [2.45, 2.75) is 48.8 Å². The quantitative estimate of drug-likeness (QED) is 0.910. The molecule has 4 aliphatic carbocycles. The molecule has 0 amide bonds. The van der Waals surface area contributed by atoms with Gasteiger partial charge < -0.3 is 0 Å². The summed E-state index contributed by atoms with van der Waals surface area (Å²) in [6.45, 7) is 0. The van der Waals surface area contributed by atoms with Gasteiger partial charge in [0.05, 0.1) is 4.90 Å². The molecule has 4 fully saturated rings. The summed E-state index contributed by atoms with van der Waals surface area (Å²) in [7, 11) is -3.58. The summed E-state index contributed by atoms with van der Waals surface area (Å²) in [5.41, 5.74) is 1.66. The zero-order chi connectivity index (χ0) is 14.0. The van der Waals surface area contributed by atoms with Gasteiger partial charge in [0.15, 0.2) is 0 Å². The fraction of sp³-hybridized carbons (Fsp3) is 0.625. The van der Waals surface area contributed by atoms with Gasteiger partial charge >= 0.3 is 0 Å². The first kappa shape index (κ1) is 12.8. The minimum atomic E-state index is -3.58. The van der Waals surface area contributed by atoms with Crippen molar-refractivity contribution in [2.75, 3.05) is 0 Å². The zero-order valence-electron chi connectivity index (χ0n) is 11.6. The monoisotopic (exact) mass is 291 g/mol. The second-order valence-electron chi connectivity index (χ2n) is 7.27. The van der Waals surface area contributed by atoms with Crippen LogP contribution in [0.5, 0.6) is 0 Å². The Bertz CT molecular complexity index is 598. The minimum Gasteiger partial charge on any atom is -0.225 e. The van der Waals surface area contributed by atoms with E-state index in [9.17, 15) is 8.42 Å². The maximum atomic E-state index is 11.4. The molecule has 0 aliphatic heterocycles. The Labute approximate surface area is 120 Å². The van der Waals surface area contributed by atoms with E-state index in [0.717, 1.165) is 17.8 Å². The molecule has 0 radical (unpaired) electrons. The van der Waals surface area contributed by atoms with Crippen molar-refractivity contribution in [3.63, 3.8) is 0 Å². The number of rotatable bonds is 2. The molecule has 0 atom stereocenters. The van der Waals surface area contributed by atoms with Crippen LogP contribution in [-0.2, 0) is 15.4 Å². The molecule has 0 spiro atoms. The lowest BCUT2D eigenvalue weighted by atomic mass is 9.48. The van der Waals surface area contributed by atoms with E-state index in [1.807, 2.05) is 12.1 Å². The summed E-state index contributed by atoms with van der Waals surface area (Å²) in [5, 5.41) is 5.19. The molecule has 108 valence electrons. The first-order chi connectivity index (χ1) is 9.45. The maximum absolute atomic E-state index is 11.4. The van der Waals surface area contributed by atoms with Crippen molar-refractivity contribution in [1.82, 2.24) is 0 Å². The highest BCUT2D eigenvalue weighted by molar-refractivity contribution is 7.89. The van der Waals surface area contributed by atoms with Crippen LogP contribution in [0.4, 0.5) is 0 Å². The lowest BCUT2D eigenvalue weighted by Crippen LogP contribution is -2.48. The number of primary sulfonamides is 1. The van der Waals surface area contributed by atoms with Gasteiger partial charge in [0.2, 0.25) is 10.0 Å². The number of hydrogen-bond donors (Lipinski definition) is 1. The first-order valence-corrected chi connectivity index (χ1v) is 9.13. The average molecular weight is 291 g/mol. The largest absolute Gasteiger partial charge is 0.238 e. The summed E-state index contributed by atoms with van der Waals surface area (Å²) < 4.78 is 22.7. The van der Waals surface area contributed by atoms with E-state index < -0.39 is 10.0 Å². The fourth-order valence-corrected chi connectivity index (χ4v) is 5.98. The van der Waals surface area contributed by atoms with Crippen LogP contribution in [0, 0.1) is 17.8 Å². The van der Waals surface area contributed by atoms with Crippen molar-refractivity contribution in [3.8, 4) is 0 Å². The summed E-state index contributed by atoms with van der Waals surface area (Å²) in [6.07, 6.45) is 8.17. The Morgan fingerprint density at radius 2 is 1.35 bits per heavy atom. The standard InChI is InChI=1S/C16H21NO2S/c17-20(18,19)15-3-1-14(2-4-15)16-8-11-5-12(9-16)7-13(6-11)10-16/h1-4,11-13H,5-10H2,(H2,17,18,19). The Balaban J connectivity index is 1.70. The molecule has 5 rings (SSSR count). The zero-order valence-corrected chi connectivity index (χ0v) is 12.4. The van der Waals surface area contributed by atoms with E-state index in [-0.39, 0.29) is 4.90 Å². The third kappa shape index (κ3) is 1.92. The highest BCUT2D eigenvalue weighted by Gasteiger charge is 2.51. The summed E-state index contributed by atoms with van der Waals surface area (Å²) in [4.78, 5) is 0.228. The van der Waals surface area contributed by atoms with Gasteiger partial charge in [0.1, 0.15) is 0 Å². The molecule has 4 saturated carbocycles. The lowest BCUT2D eigenvalue weighted by Gasteiger charge is -2.57. The van der Waals surface area contributed by atoms with E-state index in [1.165, 1.54) is 44.1 Å². The Morgan fingerprint density at radius 3 is 1.75 bits per heavy atom. The van der Waals surface area contributed by atoms with Gasteiger partial charge in [0, 0.05) is 0 Å². The first-order valence-electron chi connectivity index (χ1n) is 7.58. The van der Waals surface area contributed by atoms with E-state index in [2.05, 4.69) is 0 Å². The van der Waals surface area contributed by atoms with Gasteiger partial charge in [-0.3, -0.25) is 0 Å². The highest BCUT2D eigenvalue weighted by atomic mass is 32.2. The smallest absolute Gasteiger partial charge is 0.225 e. The van der Waals surface area contributed by atoms with Crippen LogP contribution >= 0.6 is 0 Å². The highest BCUT2D eigenvalue weighted by Crippen LogP contribution is 2.60. The van der Waals surface area contributed by atoms with Gasteiger partial charge in [-0.1, -0.05) is 12.1 Å². The SMILES string of the molecule is NS(=O)(=O)c1ccc(C23CC4CC(CC(C4)C2)C3)cc1. The van der Waals surface area contributed by atoms with Crippen LogP contribution < -0.4 is 5.14 Å². The fourth-order valence-electron chi connectivity index (χ4n) is 5.46. The van der Waals surface area contributed by atoms with Gasteiger partial charge in [0.25, 0.3) is 0 Å². The Morgan fingerprint density at radius 1 is 0.900 bits per heavy atom. The van der Waals surface area contributed by atoms with Crippen molar-refractivity contribution in [2.24, 2.45) is 22.9 Å². The predicted molar refractivity (Wildman–Crippen MR) is 77.7 cm³/mol. The van der Waals surface area contributed by atoms with Crippen molar-refractivity contribution in [3.05, 3.63) is 29.8 Å². The molecule has 0 heterocycles. The van der Waals surface area contributed by atoms with Gasteiger partial charge in [-0.15, -0.1) is 0 Å². The molecule has 4 aliphatic rings. The number of benzene rings is 1. The second-order valence-corrected chi connectivity index (χ2v) is 8.83. The number of nitrogens with two attached hydrogens (primary N) is 1. The molecular formula is C16H21NO2S. The van der Waals surface area contributed by atoms with E-state index in [0.29, 0.717) is 5.41 Å². The molecule has 20 heavy (non-hydrogen) atoms. The molecule has 4 heteroatoms. The minimum absolute atomic E-state index is 0.228. The summed E-state index contributed by atoms with van der Waals surface area (Å²) in [5.74, 6) is 2.71. The summed E-state index contributed by atoms with van der Waals surface area (Å²) in [6, 6.07) is 7.38. The van der Waals surface area contributed by atoms with E-state index >= 15 is 0 Å². The Hall–Kier alpha value is -0.870. The molecule has 2 N–H and O–H groups in total. The van der Waals surface area contributed by atoms with Crippen LogP contribution in [0.3, 0.4) is 0 Å². The summed E-state index contributed by atoms with van der Waals surface area (Å²) >= 11 is 0. The molecule has 1 aromatic rings. The lowest BCUT2D eigenvalue weighted by molar-refractivity contribution is -0.00521. The maximum Gasteiger partial charge on any atom is 0.238 e. The third-order valence-electron chi connectivity index (χ3n) is 5.83. The Kier molecular flexibility index (Phi) is 2.62. The second kappa shape index (κ2) is 4.08. The van der Waals surface area contributed by atoms with E-state index in [1.54, 1.807) is 12.1 Å². The number of hydrogen-bond acceptors (Lipinski definition) is 2. The van der Waals surface area contributed by atoms with Gasteiger partial charge in [-0.05, 0) is 79.4 Å². The van der Waals surface area contributed by atoms with Crippen LogP contribution in [0.2, 0.25) is 0 Å². The van der Waals surface area contributed by atoms with E-state index in [4.69, 9.17) is 5.14 Å². The van der Waals surface area contributed by atoms with Crippen LogP contribution in [-0.4, -0.2) is 8.42 Å². The molecule has 0 unspecified atom stereocenters. The van der Waals surface area contributed by atoms with Crippen molar-refractivity contribution in [1.29, 1.82) is 0 Å². The topological polar surface area (TPSA) is 60.2 Å². The molecule has 4 bridgehead atoms. The van der Waals surface area contributed by atoms with Crippen LogP contribution in [0.1, 0.15) is 44.1 Å². The van der Waals surface area contributed by atoms with Gasteiger partial charge in [-0.2, -0.15) is 0 Å². The van der Waals surface area contributed by atoms with Crippen molar-refractivity contribution >= 4 is 10.0 Å². The average Bonchev–Trinajstić information content (AvgIpc) is 2.36. The molecule has 1 aromatic carbocycles. The predicted octanol–water partition coefficient (Wildman–Crippen LogP) is 2.80. The molecular weight excluding hydrogens is 270 g/mol. The number of sulfonamides is 1. The third-order valence-corrected chi connectivity index (χ3v) is 6.76. The van der Waals surface area contributed by atoms with Gasteiger partial charge in [-0.25, -0.2) is 13.6 Å². The van der Waals surface area contributed by atoms with Crippen molar-refractivity contribution < 1.29 is 8.42 Å². The molecule has 0 aromatic heterocycles. The molecule has 3 nitrogen and oxygen atoms in total. The van der Waals surface area contributed by atoms with Crippen LogP contribution in [0.15, 0.2) is 29.2 Å². The molecule has 0 saturated heterocycles.